The van der Waals surface area contributed by atoms with Gasteiger partial charge in [0, 0.05) is 6.54 Å². The molecule has 2 N–H and O–H groups in total. The normalized spacial score (nSPS) is 12.0. The van der Waals surface area contributed by atoms with Crippen LogP contribution in [-0.2, 0) is 11.2 Å². The van der Waals surface area contributed by atoms with Crippen molar-refractivity contribution in [2.24, 2.45) is 5.92 Å². The molecule has 1 amide bonds. The smallest absolute Gasteiger partial charge is 0.308 e. The minimum absolute atomic E-state index is 0.0763. The number of hydrogen-bond donors (Lipinski definition) is 2. The fourth-order valence-electron chi connectivity index (χ4n) is 2.68. The van der Waals surface area contributed by atoms with E-state index in [0.717, 1.165) is 6.42 Å². The van der Waals surface area contributed by atoms with Crippen LogP contribution in [0.5, 0.6) is 0 Å². The third kappa shape index (κ3) is 4.43. The lowest BCUT2D eigenvalue weighted by Crippen LogP contribution is -2.33. The van der Waals surface area contributed by atoms with Crippen LogP contribution in [0.3, 0.4) is 0 Å². The molecular formula is C18H22FN3O3. The van der Waals surface area contributed by atoms with Crippen molar-refractivity contribution < 1.29 is 19.1 Å². The molecule has 1 aromatic heterocycles. The van der Waals surface area contributed by atoms with Crippen LogP contribution in [0.4, 0.5) is 4.39 Å². The van der Waals surface area contributed by atoms with Crippen LogP contribution >= 0.6 is 0 Å². The maximum atomic E-state index is 13.1. The Balaban J connectivity index is 2.17. The van der Waals surface area contributed by atoms with Crippen molar-refractivity contribution in [2.45, 2.75) is 33.1 Å². The summed E-state index contributed by atoms with van der Waals surface area (Å²) in [6.07, 6.45) is 3.24. The van der Waals surface area contributed by atoms with Gasteiger partial charge in [0.15, 0.2) is 0 Å². The number of aliphatic carboxylic acids is 1. The first kappa shape index (κ1) is 18.6. The highest BCUT2D eigenvalue weighted by atomic mass is 19.1. The Morgan fingerprint density at radius 3 is 2.52 bits per heavy atom. The molecule has 7 heteroatoms. The van der Waals surface area contributed by atoms with E-state index >= 15 is 0 Å². The van der Waals surface area contributed by atoms with Crippen LogP contribution < -0.4 is 5.32 Å². The standard InChI is InChI=1S/C18H22FN3O3/c1-3-5-12(18(24)25)10-20-17(23)15-11-21-22(16(15)4-2)14-8-6-13(19)7-9-14/h6-9,11-12H,3-5,10H2,1-2H3,(H,20,23)(H,24,25). The van der Waals surface area contributed by atoms with Crippen molar-refractivity contribution in [3.05, 3.63) is 47.5 Å². The molecule has 0 aliphatic rings. The second-order valence-corrected chi connectivity index (χ2v) is 5.78. The average Bonchev–Trinajstić information content (AvgIpc) is 3.02. The molecule has 0 saturated heterocycles. The molecule has 2 aromatic rings. The number of amides is 1. The van der Waals surface area contributed by atoms with Crippen LogP contribution in [0, 0.1) is 11.7 Å². The lowest BCUT2D eigenvalue weighted by atomic mass is 10.0. The van der Waals surface area contributed by atoms with Gasteiger partial charge in [-0.3, -0.25) is 9.59 Å². The Hall–Kier alpha value is -2.70. The van der Waals surface area contributed by atoms with E-state index in [0.29, 0.717) is 29.8 Å². The number of hydrogen-bond acceptors (Lipinski definition) is 3. The maximum Gasteiger partial charge on any atom is 0.308 e. The Bertz CT molecular complexity index is 741. The SMILES string of the molecule is CCCC(CNC(=O)c1cnn(-c2ccc(F)cc2)c1CC)C(=O)O. The van der Waals surface area contributed by atoms with E-state index in [1.807, 2.05) is 13.8 Å². The van der Waals surface area contributed by atoms with E-state index < -0.39 is 11.9 Å². The summed E-state index contributed by atoms with van der Waals surface area (Å²) in [5, 5.41) is 16.1. The summed E-state index contributed by atoms with van der Waals surface area (Å²) in [5.74, 6) is -2.22. The minimum Gasteiger partial charge on any atom is -0.481 e. The largest absolute Gasteiger partial charge is 0.481 e. The number of carbonyl (C=O) groups excluding carboxylic acids is 1. The molecule has 6 nitrogen and oxygen atoms in total. The van der Waals surface area contributed by atoms with Gasteiger partial charge >= 0.3 is 5.97 Å². The molecule has 0 aliphatic heterocycles. The first-order valence-electron chi connectivity index (χ1n) is 8.31. The lowest BCUT2D eigenvalue weighted by molar-refractivity contribution is -0.141. The Morgan fingerprint density at radius 1 is 1.28 bits per heavy atom. The molecule has 0 aliphatic carbocycles. The number of carbonyl (C=O) groups is 2. The van der Waals surface area contributed by atoms with E-state index in [1.54, 1.807) is 16.8 Å². The van der Waals surface area contributed by atoms with Gasteiger partial charge in [-0.25, -0.2) is 9.07 Å². The Kier molecular flexibility index (Phi) is 6.27. The molecule has 25 heavy (non-hydrogen) atoms. The number of aromatic nitrogens is 2. The van der Waals surface area contributed by atoms with Gasteiger partial charge in [0.1, 0.15) is 5.82 Å². The zero-order valence-electron chi connectivity index (χ0n) is 14.3. The Labute approximate surface area is 145 Å². The monoisotopic (exact) mass is 347 g/mol. The predicted molar refractivity (Wildman–Crippen MR) is 91.3 cm³/mol. The van der Waals surface area contributed by atoms with Crippen molar-refractivity contribution in [2.75, 3.05) is 6.54 Å². The van der Waals surface area contributed by atoms with E-state index in [2.05, 4.69) is 10.4 Å². The summed E-state index contributed by atoms with van der Waals surface area (Å²) in [6, 6.07) is 5.84. The van der Waals surface area contributed by atoms with Crippen LogP contribution in [-0.4, -0.2) is 33.3 Å². The number of halogens is 1. The fraction of sp³-hybridized carbons (Fsp3) is 0.389. The molecule has 1 unspecified atom stereocenters. The molecule has 0 spiro atoms. The molecule has 0 fully saturated rings. The molecule has 2 rings (SSSR count). The molecule has 134 valence electrons. The molecule has 0 bridgehead atoms. The predicted octanol–water partition coefficient (Wildman–Crippen LogP) is 2.80. The van der Waals surface area contributed by atoms with E-state index in [1.165, 1.54) is 18.3 Å². The van der Waals surface area contributed by atoms with Crippen molar-refractivity contribution in [1.82, 2.24) is 15.1 Å². The average molecular weight is 347 g/mol. The summed E-state index contributed by atoms with van der Waals surface area (Å²) in [5.41, 5.74) is 1.74. The van der Waals surface area contributed by atoms with Gasteiger partial charge in [-0.1, -0.05) is 20.3 Å². The number of nitrogens with one attached hydrogen (secondary N) is 1. The van der Waals surface area contributed by atoms with Gasteiger partial charge in [0.25, 0.3) is 5.91 Å². The summed E-state index contributed by atoms with van der Waals surface area (Å²) < 4.78 is 14.7. The van der Waals surface area contributed by atoms with Crippen LogP contribution in [0.15, 0.2) is 30.5 Å². The van der Waals surface area contributed by atoms with E-state index in [9.17, 15) is 14.0 Å². The zero-order chi connectivity index (χ0) is 18.4. The van der Waals surface area contributed by atoms with Crippen molar-refractivity contribution >= 4 is 11.9 Å². The van der Waals surface area contributed by atoms with Crippen molar-refractivity contribution in [3.8, 4) is 5.69 Å². The van der Waals surface area contributed by atoms with Gasteiger partial charge < -0.3 is 10.4 Å². The third-order valence-corrected chi connectivity index (χ3v) is 4.01. The highest BCUT2D eigenvalue weighted by molar-refractivity contribution is 5.95. The van der Waals surface area contributed by atoms with Gasteiger partial charge in [-0.15, -0.1) is 0 Å². The zero-order valence-corrected chi connectivity index (χ0v) is 14.3. The van der Waals surface area contributed by atoms with E-state index in [4.69, 9.17) is 5.11 Å². The van der Waals surface area contributed by atoms with Crippen molar-refractivity contribution in [1.29, 1.82) is 0 Å². The molecule has 1 atom stereocenters. The first-order chi connectivity index (χ1) is 12.0. The van der Waals surface area contributed by atoms with Gasteiger partial charge in [-0.05, 0) is 37.1 Å². The number of rotatable bonds is 8. The maximum absolute atomic E-state index is 13.1. The van der Waals surface area contributed by atoms with Crippen LogP contribution in [0.25, 0.3) is 5.69 Å². The summed E-state index contributed by atoms with van der Waals surface area (Å²) in [4.78, 5) is 23.6. The topological polar surface area (TPSA) is 84.2 Å². The van der Waals surface area contributed by atoms with E-state index in [-0.39, 0.29) is 18.3 Å². The number of carboxylic acid groups (broad SMARTS) is 1. The number of benzene rings is 1. The molecular weight excluding hydrogens is 325 g/mol. The van der Waals surface area contributed by atoms with Crippen molar-refractivity contribution in [3.63, 3.8) is 0 Å². The third-order valence-electron chi connectivity index (χ3n) is 4.01. The number of carboxylic acids is 1. The second kappa shape index (κ2) is 8.41. The highest BCUT2D eigenvalue weighted by Crippen LogP contribution is 2.16. The summed E-state index contributed by atoms with van der Waals surface area (Å²) in [7, 11) is 0. The minimum atomic E-state index is -0.917. The van der Waals surface area contributed by atoms with Gasteiger partial charge in [0.05, 0.1) is 29.1 Å². The summed E-state index contributed by atoms with van der Waals surface area (Å²) in [6.45, 7) is 3.87. The molecule has 0 radical (unpaired) electrons. The quantitative estimate of drug-likeness (QED) is 0.769. The van der Waals surface area contributed by atoms with Crippen LogP contribution in [0.1, 0.15) is 42.7 Å². The molecule has 1 aromatic carbocycles. The van der Waals surface area contributed by atoms with Gasteiger partial charge in [0.2, 0.25) is 0 Å². The van der Waals surface area contributed by atoms with Crippen LogP contribution in [0.2, 0.25) is 0 Å². The number of nitrogens with zero attached hydrogens (tertiary/aromatic N) is 2. The molecule has 0 saturated carbocycles. The van der Waals surface area contributed by atoms with Gasteiger partial charge in [-0.2, -0.15) is 5.10 Å². The summed E-state index contributed by atoms with van der Waals surface area (Å²) >= 11 is 0. The second-order valence-electron chi connectivity index (χ2n) is 5.78. The molecule has 1 heterocycles. The Morgan fingerprint density at radius 2 is 1.96 bits per heavy atom. The fourth-order valence-corrected chi connectivity index (χ4v) is 2.68. The lowest BCUT2D eigenvalue weighted by Gasteiger charge is -2.13. The first-order valence-corrected chi connectivity index (χ1v) is 8.31. The highest BCUT2D eigenvalue weighted by Gasteiger charge is 2.21.